The Kier molecular flexibility index (Phi) is 4.44. The van der Waals surface area contributed by atoms with Gasteiger partial charge in [0.2, 0.25) is 0 Å². The topological polar surface area (TPSA) is 38.0 Å². The number of rotatable bonds is 4. The largest absolute Gasteiger partial charge is 0.380 e. The lowest BCUT2D eigenvalue weighted by atomic mass is 9.86. The van der Waals surface area contributed by atoms with Crippen LogP contribution in [-0.4, -0.2) is 12.1 Å². The maximum atomic E-state index is 5.67. The minimum absolute atomic E-state index is 0.0377. The monoisotopic (exact) mass is 248 g/mol. The Labute approximate surface area is 112 Å². The van der Waals surface area contributed by atoms with E-state index in [9.17, 15) is 0 Å². The lowest BCUT2D eigenvalue weighted by molar-refractivity contribution is 0.525. The Morgan fingerprint density at radius 2 is 1.72 bits per heavy atom. The summed E-state index contributed by atoms with van der Waals surface area (Å²) in [6, 6.07) is 6.69. The Hall–Kier alpha value is -1.02. The van der Waals surface area contributed by atoms with E-state index >= 15 is 0 Å². The van der Waals surface area contributed by atoms with Crippen LogP contribution in [0.1, 0.15) is 52.2 Å². The van der Waals surface area contributed by atoms with E-state index in [0.29, 0.717) is 6.54 Å². The van der Waals surface area contributed by atoms with Crippen LogP contribution in [0.25, 0.3) is 0 Å². The van der Waals surface area contributed by atoms with Crippen LogP contribution in [0.15, 0.2) is 18.2 Å². The summed E-state index contributed by atoms with van der Waals surface area (Å²) in [5.74, 6) is 0. The summed E-state index contributed by atoms with van der Waals surface area (Å²) in [5.41, 5.74) is 9.75. The number of hydrogen-bond acceptors (Lipinski definition) is 2. The van der Waals surface area contributed by atoms with Gasteiger partial charge in [0.25, 0.3) is 0 Å². The van der Waals surface area contributed by atoms with Crippen molar-refractivity contribution in [3.05, 3.63) is 29.3 Å². The third kappa shape index (κ3) is 4.02. The van der Waals surface area contributed by atoms with Gasteiger partial charge in [0.05, 0.1) is 0 Å². The average molecular weight is 248 g/mol. The molecule has 1 aromatic carbocycles. The van der Waals surface area contributed by atoms with Gasteiger partial charge in [0.1, 0.15) is 0 Å². The first-order valence-corrected chi connectivity index (χ1v) is 6.75. The Bertz CT molecular complexity index is 400. The molecule has 0 saturated heterocycles. The van der Waals surface area contributed by atoms with Crippen molar-refractivity contribution in [2.24, 2.45) is 5.73 Å². The molecule has 18 heavy (non-hydrogen) atoms. The fourth-order valence-electron chi connectivity index (χ4n) is 2.01. The van der Waals surface area contributed by atoms with E-state index < -0.39 is 0 Å². The molecule has 0 bridgehead atoms. The van der Waals surface area contributed by atoms with Crippen molar-refractivity contribution in [2.45, 2.75) is 58.9 Å². The number of aryl methyl sites for hydroxylation is 1. The molecule has 0 heterocycles. The Morgan fingerprint density at radius 1 is 1.11 bits per heavy atom. The van der Waals surface area contributed by atoms with Gasteiger partial charge in [-0.25, -0.2) is 0 Å². The number of benzene rings is 1. The molecular weight excluding hydrogens is 220 g/mol. The van der Waals surface area contributed by atoms with Crippen LogP contribution < -0.4 is 11.1 Å². The van der Waals surface area contributed by atoms with Gasteiger partial charge in [-0.15, -0.1) is 0 Å². The second-order valence-corrected chi connectivity index (χ2v) is 6.83. The molecule has 3 N–H and O–H groups in total. The van der Waals surface area contributed by atoms with Crippen LogP contribution in [0.3, 0.4) is 0 Å². The smallest absolute Gasteiger partial charge is 0.0376 e. The normalized spacial score (nSPS) is 12.6. The van der Waals surface area contributed by atoms with Crippen LogP contribution in [0.5, 0.6) is 0 Å². The zero-order valence-corrected chi connectivity index (χ0v) is 12.7. The molecule has 0 aliphatic heterocycles. The van der Waals surface area contributed by atoms with Crippen LogP contribution in [-0.2, 0) is 5.41 Å². The Morgan fingerprint density at radius 3 is 2.22 bits per heavy atom. The molecule has 0 aliphatic carbocycles. The lowest BCUT2D eigenvalue weighted by Gasteiger charge is -2.29. The van der Waals surface area contributed by atoms with E-state index in [2.05, 4.69) is 65.1 Å². The van der Waals surface area contributed by atoms with E-state index in [1.165, 1.54) is 16.8 Å². The second kappa shape index (κ2) is 5.31. The van der Waals surface area contributed by atoms with Crippen molar-refractivity contribution < 1.29 is 0 Å². The van der Waals surface area contributed by atoms with Crippen molar-refractivity contribution in [3.63, 3.8) is 0 Å². The van der Waals surface area contributed by atoms with Gasteiger partial charge >= 0.3 is 0 Å². The van der Waals surface area contributed by atoms with Crippen LogP contribution >= 0.6 is 0 Å². The fraction of sp³-hybridized carbons (Fsp3) is 0.625. The van der Waals surface area contributed by atoms with Crippen molar-refractivity contribution in [3.8, 4) is 0 Å². The molecule has 0 spiro atoms. The van der Waals surface area contributed by atoms with Crippen LogP contribution in [0, 0.1) is 6.92 Å². The first-order chi connectivity index (χ1) is 8.15. The zero-order valence-electron chi connectivity index (χ0n) is 12.7. The third-order valence-electron chi connectivity index (χ3n) is 3.35. The van der Waals surface area contributed by atoms with E-state index in [-0.39, 0.29) is 11.0 Å². The summed E-state index contributed by atoms with van der Waals surface area (Å²) >= 11 is 0. The minimum Gasteiger partial charge on any atom is -0.380 e. The number of anilines is 1. The van der Waals surface area contributed by atoms with Gasteiger partial charge in [-0.1, -0.05) is 32.9 Å². The summed E-state index contributed by atoms with van der Waals surface area (Å²) < 4.78 is 0. The molecule has 0 atom stereocenters. The standard InChI is InChI=1S/C16H28N2/c1-12-7-8-13(15(2,3)4)11-14(12)18-16(5,6)9-10-17/h7-8,11,18H,9-10,17H2,1-6H3. The molecule has 0 radical (unpaired) electrons. The molecule has 0 amide bonds. The summed E-state index contributed by atoms with van der Waals surface area (Å²) in [6.45, 7) is 14.0. The molecule has 0 aliphatic rings. The first-order valence-electron chi connectivity index (χ1n) is 6.75. The summed E-state index contributed by atoms with van der Waals surface area (Å²) in [6.07, 6.45) is 0.964. The van der Waals surface area contributed by atoms with Crippen molar-refractivity contribution in [1.82, 2.24) is 0 Å². The van der Waals surface area contributed by atoms with E-state index in [1.807, 2.05) is 0 Å². The summed E-state index contributed by atoms with van der Waals surface area (Å²) in [7, 11) is 0. The van der Waals surface area contributed by atoms with Gasteiger partial charge in [0, 0.05) is 11.2 Å². The number of nitrogens with two attached hydrogens (primary N) is 1. The predicted octanol–water partition coefficient (Wildman–Crippen LogP) is 3.83. The van der Waals surface area contributed by atoms with Gasteiger partial charge < -0.3 is 11.1 Å². The van der Waals surface area contributed by atoms with Crippen molar-refractivity contribution in [2.75, 3.05) is 11.9 Å². The first kappa shape index (κ1) is 15.0. The molecule has 102 valence electrons. The number of nitrogens with one attached hydrogen (secondary N) is 1. The average Bonchev–Trinajstić information content (AvgIpc) is 2.19. The predicted molar refractivity (Wildman–Crippen MR) is 81.3 cm³/mol. The highest BCUT2D eigenvalue weighted by Gasteiger charge is 2.19. The zero-order chi connectivity index (χ0) is 14.0. The van der Waals surface area contributed by atoms with E-state index in [0.717, 1.165) is 6.42 Å². The summed E-state index contributed by atoms with van der Waals surface area (Å²) in [5, 5.41) is 3.62. The van der Waals surface area contributed by atoms with Gasteiger partial charge in [-0.2, -0.15) is 0 Å². The lowest BCUT2D eigenvalue weighted by Crippen LogP contribution is -2.33. The second-order valence-electron chi connectivity index (χ2n) is 6.83. The molecule has 1 rings (SSSR count). The highest BCUT2D eigenvalue weighted by atomic mass is 15.0. The highest BCUT2D eigenvalue weighted by Crippen LogP contribution is 2.28. The van der Waals surface area contributed by atoms with E-state index in [4.69, 9.17) is 5.73 Å². The third-order valence-corrected chi connectivity index (χ3v) is 3.35. The molecular formula is C16H28N2. The van der Waals surface area contributed by atoms with Crippen molar-refractivity contribution in [1.29, 1.82) is 0 Å². The molecule has 0 unspecified atom stereocenters. The quantitative estimate of drug-likeness (QED) is 0.850. The summed E-state index contributed by atoms with van der Waals surface area (Å²) in [4.78, 5) is 0. The minimum atomic E-state index is 0.0377. The SMILES string of the molecule is Cc1ccc(C(C)(C)C)cc1NC(C)(C)CCN. The molecule has 2 heteroatoms. The van der Waals surface area contributed by atoms with Crippen LogP contribution in [0.4, 0.5) is 5.69 Å². The van der Waals surface area contributed by atoms with Gasteiger partial charge in [-0.3, -0.25) is 0 Å². The van der Waals surface area contributed by atoms with Crippen molar-refractivity contribution >= 4 is 5.69 Å². The fourth-order valence-corrected chi connectivity index (χ4v) is 2.01. The highest BCUT2D eigenvalue weighted by molar-refractivity contribution is 5.55. The Balaban J connectivity index is 3.02. The van der Waals surface area contributed by atoms with Crippen LogP contribution in [0.2, 0.25) is 0 Å². The van der Waals surface area contributed by atoms with Gasteiger partial charge in [-0.05, 0) is 56.3 Å². The maximum absolute atomic E-state index is 5.67. The molecule has 1 aromatic rings. The molecule has 0 fully saturated rings. The van der Waals surface area contributed by atoms with E-state index in [1.54, 1.807) is 0 Å². The number of hydrogen-bond donors (Lipinski definition) is 2. The molecule has 0 aromatic heterocycles. The molecule has 2 nitrogen and oxygen atoms in total. The van der Waals surface area contributed by atoms with Gasteiger partial charge in [0.15, 0.2) is 0 Å². The molecule has 0 saturated carbocycles. The maximum Gasteiger partial charge on any atom is 0.0376 e.